The maximum atomic E-state index is 9.15. The summed E-state index contributed by atoms with van der Waals surface area (Å²) in [7, 11) is 0. The molecule has 1 fully saturated rings. The number of hydrogen-bond acceptors (Lipinski definition) is 1. The molecule has 2 atom stereocenters. The van der Waals surface area contributed by atoms with Crippen LogP contribution in [-0.4, -0.2) is 10.7 Å². The highest BCUT2D eigenvalue weighted by Gasteiger charge is 2.37. The van der Waals surface area contributed by atoms with Gasteiger partial charge in [-0.05, 0) is 25.7 Å². The molecule has 0 unspecified atom stereocenters. The summed E-state index contributed by atoms with van der Waals surface area (Å²) < 4.78 is 0. The van der Waals surface area contributed by atoms with E-state index in [1.54, 1.807) is 0 Å². The lowest BCUT2D eigenvalue weighted by atomic mass is 9.72. The molecule has 0 aromatic carbocycles. The Morgan fingerprint density at radius 1 is 1.86 bits per heavy atom. The van der Waals surface area contributed by atoms with Crippen molar-refractivity contribution in [2.75, 3.05) is 0 Å². The molecule has 1 aliphatic carbocycles. The van der Waals surface area contributed by atoms with E-state index in [1.165, 1.54) is 0 Å². The van der Waals surface area contributed by atoms with Crippen LogP contribution in [0.25, 0.3) is 0 Å². The van der Waals surface area contributed by atoms with Crippen LogP contribution in [0.15, 0.2) is 0 Å². The van der Waals surface area contributed by atoms with Crippen molar-refractivity contribution in [3.63, 3.8) is 0 Å². The summed E-state index contributed by atoms with van der Waals surface area (Å²) >= 11 is 0. The van der Waals surface area contributed by atoms with E-state index in [1.807, 2.05) is 13.8 Å². The standard InChI is InChI=1S/C6H11O/c1-5-3-4-6(5,2)7/h3,5,7H,4H2,1-2H3/t5-,6+/m1/s1. The van der Waals surface area contributed by atoms with Crippen molar-refractivity contribution >= 4 is 0 Å². The summed E-state index contributed by atoms with van der Waals surface area (Å²) in [5.74, 6) is 0.410. The third-order valence-electron chi connectivity index (χ3n) is 1.87. The van der Waals surface area contributed by atoms with Crippen molar-refractivity contribution in [3.05, 3.63) is 6.42 Å². The molecule has 41 valence electrons. The molecule has 1 nitrogen and oxygen atoms in total. The van der Waals surface area contributed by atoms with Gasteiger partial charge in [0.2, 0.25) is 0 Å². The first-order chi connectivity index (χ1) is 3.13. The Hall–Kier alpha value is -0.0400. The summed E-state index contributed by atoms with van der Waals surface area (Å²) in [5, 5.41) is 9.15. The Bertz CT molecular complexity index is 76.2. The third-order valence-corrected chi connectivity index (χ3v) is 1.87. The van der Waals surface area contributed by atoms with Gasteiger partial charge in [-0.25, -0.2) is 0 Å². The highest BCUT2D eigenvalue weighted by Crippen LogP contribution is 2.35. The zero-order chi connectivity index (χ0) is 5.49. The van der Waals surface area contributed by atoms with Crippen molar-refractivity contribution in [2.24, 2.45) is 5.92 Å². The number of aliphatic hydroxyl groups is 1. The molecule has 0 aromatic heterocycles. The molecule has 1 heteroatoms. The van der Waals surface area contributed by atoms with E-state index in [2.05, 4.69) is 6.42 Å². The molecule has 0 saturated heterocycles. The van der Waals surface area contributed by atoms with E-state index in [9.17, 15) is 0 Å². The van der Waals surface area contributed by atoms with Gasteiger partial charge in [0.15, 0.2) is 0 Å². The summed E-state index contributed by atoms with van der Waals surface area (Å²) in [6, 6.07) is 0. The second-order valence-corrected chi connectivity index (χ2v) is 2.59. The molecule has 1 radical (unpaired) electrons. The van der Waals surface area contributed by atoms with Crippen LogP contribution in [0.3, 0.4) is 0 Å². The Balaban J connectivity index is 2.43. The third kappa shape index (κ3) is 0.653. The Morgan fingerprint density at radius 3 is 2.29 bits per heavy atom. The zero-order valence-corrected chi connectivity index (χ0v) is 4.81. The summed E-state index contributed by atoms with van der Waals surface area (Å²) in [6.07, 6.45) is 2.99. The minimum absolute atomic E-state index is 0.375. The maximum Gasteiger partial charge on any atom is 0.0650 e. The molecule has 0 amide bonds. The first-order valence-corrected chi connectivity index (χ1v) is 2.68. The molecule has 1 saturated carbocycles. The lowest BCUT2D eigenvalue weighted by Gasteiger charge is -2.39. The van der Waals surface area contributed by atoms with Gasteiger partial charge in [0.1, 0.15) is 0 Å². The fraction of sp³-hybridized carbons (Fsp3) is 0.833. The average Bonchev–Trinajstić information content (AvgIpc) is 1.63. The second-order valence-electron chi connectivity index (χ2n) is 2.59. The van der Waals surface area contributed by atoms with E-state index < -0.39 is 0 Å². The molecule has 1 N–H and O–H groups in total. The van der Waals surface area contributed by atoms with Crippen molar-refractivity contribution in [1.82, 2.24) is 0 Å². The molecule has 0 aliphatic heterocycles. The number of hydrogen-bond donors (Lipinski definition) is 1. The summed E-state index contributed by atoms with van der Waals surface area (Å²) in [4.78, 5) is 0. The SMILES string of the molecule is C[C@@H]1[CH]C[C@]1(C)O. The zero-order valence-electron chi connectivity index (χ0n) is 4.81. The van der Waals surface area contributed by atoms with E-state index in [-0.39, 0.29) is 5.60 Å². The van der Waals surface area contributed by atoms with Crippen molar-refractivity contribution in [1.29, 1.82) is 0 Å². The van der Waals surface area contributed by atoms with Crippen molar-refractivity contribution in [3.8, 4) is 0 Å². The Labute approximate surface area is 44.4 Å². The minimum Gasteiger partial charge on any atom is -0.390 e. The highest BCUT2D eigenvalue weighted by atomic mass is 16.3. The molecule has 0 spiro atoms. The van der Waals surface area contributed by atoms with E-state index >= 15 is 0 Å². The van der Waals surface area contributed by atoms with Gasteiger partial charge in [-0.3, -0.25) is 0 Å². The van der Waals surface area contributed by atoms with E-state index in [0.29, 0.717) is 5.92 Å². The number of rotatable bonds is 0. The largest absolute Gasteiger partial charge is 0.390 e. The van der Waals surface area contributed by atoms with Crippen LogP contribution in [0.5, 0.6) is 0 Å². The molecular formula is C6H11O. The first-order valence-electron chi connectivity index (χ1n) is 2.68. The average molecular weight is 99.2 g/mol. The van der Waals surface area contributed by atoms with Crippen molar-refractivity contribution in [2.45, 2.75) is 25.9 Å². The minimum atomic E-state index is -0.375. The van der Waals surface area contributed by atoms with Crippen LogP contribution in [-0.2, 0) is 0 Å². The quantitative estimate of drug-likeness (QED) is 0.480. The van der Waals surface area contributed by atoms with E-state index in [4.69, 9.17) is 5.11 Å². The molecular weight excluding hydrogens is 88.1 g/mol. The van der Waals surface area contributed by atoms with Gasteiger partial charge < -0.3 is 5.11 Å². The van der Waals surface area contributed by atoms with Gasteiger partial charge in [0.25, 0.3) is 0 Å². The molecule has 0 aromatic rings. The summed E-state index contributed by atoms with van der Waals surface area (Å²) in [5.41, 5.74) is -0.375. The van der Waals surface area contributed by atoms with Gasteiger partial charge in [0.05, 0.1) is 5.60 Å². The Morgan fingerprint density at radius 2 is 2.29 bits per heavy atom. The van der Waals surface area contributed by atoms with Crippen LogP contribution in [0.2, 0.25) is 0 Å². The van der Waals surface area contributed by atoms with Crippen LogP contribution >= 0.6 is 0 Å². The monoisotopic (exact) mass is 99.1 g/mol. The normalized spacial score (nSPS) is 51.0. The Kier molecular flexibility index (Phi) is 0.890. The molecule has 7 heavy (non-hydrogen) atoms. The van der Waals surface area contributed by atoms with Gasteiger partial charge in [-0.2, -0.15) is 0 Å². The van der Waals surface area contributed by atoms with Crippen LogP contribution in [0.1, 0.15) is 20.3 Å². The highest BCUT2D eigenvalue weighted by molar-refractivity contribution is 5.02. The fourth-order valence-corrected chi connectivity index (χ4v) is 0.695. The topological polar surface area (TPSA) is 20.2 Å². The first kappa shape index (κ1) is 5.10. The van der Waals surface area contributed by atoms with Gasteiger partial charge in [0, 0.05) is 0 Å². The molecule has 1 aliphatic rings. The van der Waals surface area contributed by atoms with Gasteiger partial charge in [-0.1, -0.05) is 6.92 Å². The smallest absolute Gasteiger partial charge is 0.0650 e. The lowest BCUT2D eigenvalue weighted by Crippen LogP contribution is -2.42. The van der Waals surface area contributed by atoms with Crippen LogP contribution in [0, 0.1) is 12.3 Å². The summed E-state index contributed by atoms with van der Waals surface area (Å²) in [6.45, 7) is 3.90. The fourth-order valence-electron chi connectivity index (χ4n) is 0.695. The van der Waals surface area contributed by atoms with Crippen LogP contribution in [0.4, 0.5) is 0 Å². The van der Waals surface area contributed by atoms with Crippen molar-refractivity contribution < 1.29 is 5.11 Å². The van der Waals surface area contributed by atoms with Gasteiger partial charge in [-0.15, -0.1) is 0 Å². The van der Waals surface area contributed by atoms with E-state index in [0.717, 1.165) is 6.42 Å². The molecule has 0 heterocycles. The second kappa shape index (κ2) is 1.22. The molecule has 1 rings (SSSR count). The predicted octanol–water partition coefficient (Wildman–Crippen LogP) is 0.981. The molecule has 0 bridgehead atoms. The van der Waals surface area contributed by atoms with Gasteiger partial charge >= 0.3 is 0 Å². The maximum absolute atomic E-state index is 9.15. The van der Waals surface area contributed by atoms with Crippen LogP contribution < -0.4 is 0 Å². The predicted molar refractivity (Wildman–Crippen MR) is 28.7 cm³/mol. The lowest BCUT2D eigenvalue weighted by molar-refractivity contribution is -0.0302.